The maximum absolute atomic E-state index is 6.03. The zero-order chi connectivity index (χ0) is 13.1. The van der Waals surface area contributed by atoms with E-state index in [2.05, 4.69) is 51.9 Å². The van der Waals surface area contributed by atoms with E-state index in [0.29, 0.717) is 17.5 Å². The molecule has 1 aromatic carbocycles. The standard InChI is InChI=1S/C14H14BrClN2/c1-9(2)12-8-13(16)18-14(17-12)7-10-4-3-5-11(15)6-10/h3-6,8-9H,7H2,1-2H3. The van der Waals surface area contributed by atoms with Gasteiger partial charge >= 0.3 is 0 Å². The number of aromatic nitrogens is 2. The summed E-state index contributed by atoms with van der Waals surface area (Å²) < 4.78 is 1.06. The third kappa shape index (κ3) is 3.53. The van der Waals surface area contributed by atoms with Gasteiger partial charge in [-0.3, -0.25) is 0 Å². The zero-order valence-electron chi connectivity index (χ0n) is 10.3. The summed E-state index contributed by atoms with van der Waals surface area (Å²) in [6, 6.07) is 9.97. The fourth-order valence-corrected chi connectivity index (χ4v) is 2.34. The molecule has 1 aromatic heterocycles. The highest BCUT2D eigenvalue weighted by atomic mass is 79.9. The van der Waals surface area contributed by atoms with Crippen LogP contribution in [0.25, 0.3) is 0 Å². The molecule has 1 heterocycles. The molecule has 0 atom stereocenters. The van der Waals surface area contributed by atoms with Crippen molar-refractivity contribution in [2.75, 3.05) is 0 Å². The lowest BCUT2D eigenvalue weighted by molar-refractivity contribution is 0.791. The molecule has 2 rings (SSSR count). The largest absolute Gasteiger partial charge is 0.237 e. The minimum absolute atomic E-state index is 0.353. The molecule has 0 bridgehead atoms. The molecule has 0 spiro atoms. The van der Waals surface area contributed by atoms with E-state index in [-0.39, 0.29) is 0 Å². The molecule has 0 aliphatic rings. The van der Waals surface area contributed by atoms with Gasteiger partial charge in [0.15, 0.2) is 0 Å². The predicted octanol–water partition coefficient (Wildman–Crippen LogP) is 4.61. The highest BCUT2D eigenvalue weighted by Gasteiger charge is 2.07. The molecule has 94 valence electrons. The second-order valence-corrected chi connectivity index (χ2v) is 5.80. The fourth-order valence-electron chi connectivity index (χ4n) is 1.69. The molecule has 0 aliphatic carbocycles. The van der Waals surface area contributed by atoms with Gasteiger partial charge in [-0.25, -0.2) is 9.97 Å². The van der Waals surface area contributed by atoms with Crippen LogP contribution in [0.4, 0.5) is 0 Å². The molecule has 18 heavy (non-hydrogen) atoms. The van der Waals surface area contributed by atoms with Crippen LogP contribution in [-0.4, -0.2) is 9.97 Å². The van der Waals surface area contributed by atoms with Crippen LogP contribution in [0.3, 0.4) is 0 Å². The molecule has 0 amide bonds. The maximum atomic E-state index is 6.03. The molecule has 0 N–H and O–H groups in total. The summed E-state index contributed by atoms with van der Waals surface area (Å²) in [5.74, 6) is 1.12. The Morgan fingerprint density at radius 1 is 1.22 bits per heavy atom. The quantitative estimate of drug-likeness (QED) is 0.770. The molecule has 0 aliphatic heterocycles. The summed E-state index contributed by atoms with van der Waals surface area (Å²) in [6.07, 6.45) is 0.694. The smallest absolute Gasteiger partial charge is 0.134 e. The van der Waals surface area contributed by atoms with Crippen molar-refractivity contribution >= 4 is 27.5 Å². The van der Waals surface area contributed by atoms with Gasteiger partial charge in [0.1, 0.15) is 11.0 Å². The number of hydrogen-bond donors (Lipinski definition) is 0. The van der Waals surface area contributed by atoms with Gasteiger partial charge in [0.25, 0.3) is 0 Å². The van der Waals surface area contributed by atoms with E-state index in [9.17, 15) is 0 Å². The monoisotopic (exact) mass is 324 g/mol. The minimum Gasteiger partial charge on any atom is -0.237 e. The average Bonchev–Trinajstić information content (AvgIpc) is 2.28. The fraction of sp³-hybridized carbons (Fsp3) is 0.286. The minimum atomic E-state index is 0.353. The van der Waals surface area contributed by atoms with Crippen molar-refractivity contribution in [1.82, 2.24) is 9.97 Å². The number of benzene rings is 1. The van der Waals surface area contributed by atoms with Gasteiger partial charge in [-0.05, 0) is 29.7 Å². The molecule has 0 unspecified atom stereocenters. The summed E-state index contributed by atoms with van der Waals surface area (Å²) in [4.78, 5) is 8.83. The Bertz CT molecular complexity index is 555. The highest BCUT2D eigenvalue weighted by molar-refractivity contribution is 9.10. The Labute approximate surface area is 121 Å². The molecule has 0 radical (unpaired) electrons. The van der Waals surface area contributed by atoms with Crippen LogP contribution >= 0.6 is 27.5 Å². The van der Waals surface area contributed by atoms with Gasteiger partial charge in [0.2, 0.25) is 0 Å². The van der Waals surface area contributed by atoms with Gasteiger partial charge in [0, 0.05) is 16.6 Å². The lowest BCUT2D eigenvalue weighted by Crippen LogP contribution is -2.02. The van der Waals surface area contributed by atoms with E-state index in [1.807, 2.05) is 18.2 Å². The second-order valence-electron chi connectivity index (χ2n) is 4.49. The van der Waals surface area contributed by atoms with Crippen LogP contribution in [-0.2, 0) is 6.42 Å². The van der Waals surface area contributed by atoms with Gasteiger partial charge in [-0.15, -0.1) is 0 Å². The first-order valence-corrected chi connectivity index (χ1v) is 6.99. The Balaban J connectivity index is 2.29. The number of halogens is 2. The zero-order valence-corrected chi connectivity index (χ0v) is 12.7. The van der Waals surface area contributed by atoms with Crippen LogP contribution in [0.2, 0.25) is 5.15 Å². The predicted molar refractivity (Wildman–Crippen MR) is 78.1 cm³/mol. The van der Waals surface area contributed by atoms with Crippen molar-refractivity contribution in [3.8, 4) is 0 Å². The summed E-state index contributed by atoms with van der Waals surface area (Å²) >= 11 is 9.49. The number of hydrogen-bond acceptors (Lipinski definition) is 2. The molecule has 0 fully saturated rings. The summed E-state index contributed by atoms with van der Waals surface area (Å²) in [5, 5.41) is 0.513. The van der Waals surface area contributed by atoms with Gasteiger partial charge < -0.3 is 0 Å². The SMILES string of the molecule is CC(C)c1cc(Cl)nc(Cc2cccc(Br)c2)n1. The molecule has 0 saturated carbocycles. The molecular weight excluding hydrogens is 312 g/mol. The van der Waals surface area contributed by atoms with Crippen molar-refractivity contribution in [2.45, 2.75) is 26.2 Å². The van der Waals surface area contributed by atoms with Gasteiger partial charge in [-0.1, -0.05) is 53.5 Å². The summed E-state index contributed by atoms with van der Waals surface area (Å²) in [6.45, 7) is 4.20. The van der Waals surface area contributed by atoms with Gasteiger partial charge in [-0.2, -0.15) is 0 Å². The molecular formula is C14H14BrClN2. The van der Waals surface area contributed by atoms with E-state index in [0.717, 1.165) is 16.0 Å². The van der Waals surface area contributed by atoms with Crippen molar-refractivity contribution in [2.24, 2.45) is 0 Å². The molecule has 0 saturated heterocycles. The Kier molecular flexibility index (Phi) is 4.36. The van der Waals surface area contributed by atoms with Gasteiger partial charge in [0.05, 0.1) is 0 Å². The van der Waals surface area contributed by atoms with Crippen molar-refractivity contribution in [3.63, 3.8) is 0 Å². The second kappa shape index (κ2) is 5.81. The van der Waals surface area contributed by atoms with E-state index in [1.165, 1.54) is 5.56 Å². The number of rotatable bonds is 3. The van der Waals surface area contributed by atoms with E-state index >= 15 is 0 Å². The summed E-state index contributed by atoms with van der Waals surface area (Å²) in [5.41, 5.74) is 2.15. The van der Waals surface area contributed by atoms with E-state index < -0.39 is 0 Å². The van der Waals surface area contributed by atoms with Crippen LogP contribution < -0.4 is 0 Å². The molecule has 2 nitrogen and oxygen atoms in total. The topological polar surface area (TPSA) is 25.8 Å². The Morgan fingerprint density at radius 2 is 2.00 bits per heavy atom. The van der Waals surface area contributed by atoms with Crippen molar-refractivity contribution in [1.29, 1.82) is 0 Å². The average molecular weight is 326 g/mol. The van der Waals surface area contributed by atoms with E-state index in [4.69, 9.17) is 11.6 Å². The third-order valence-corrected chi connectivity index (χ3v) is 3.29. The third-order valence-electron chi connectivity index (χ3n) is 2.60. The highest BCUT2D eigenvalue weighted by Crippen LogP contribution is 2.18. The Hall–Kier alpha value is -0.930. The van der Waals surface area contributed by atoms with Crippen LogP contribution in [0.15, 0.2) is 34.8 Å². The lowest BCUT2D eigenvalue weighted by Gasteiger charge is -2.08. The summed E-state index contributed by atoms with van der Waals surface area (Å²) in [7, 11) is 0. The van der Waals surface area contributed by atoms with Crippen LogP contribution in [0.5, 0.6) is 0 Å². The van der Waals surface area contributed by atoms with Crippen LogP contribution in [0, 0.1) is 0 Å². The normalized spacial score (nSPS) is 10.9. The Morgan fingerprint density at radius 3 is 2.67 bits per heavy atom. The molecule has 4 heteroatoms. The maximum Gasteiger partial charge on any atom is 0.134 e. The first kappa shape index (κ1) is 13.5. The molecule has 2 aromatic rings. The lowest BCUT2D eigenvalue weighted by atomic mass is 10.1. The van der Waals surface area contributed by atoms with Crippen molar-refractivity contribution in [3.05, 3.63) is 57.0 Å². The van der Waals surface area contributed by atoms with Crippen LogP contribution in [0.1, 0.15) is 36.8 Å². The van der Waals surface area contributed by atoms with Crippen molar-refractivity contribution < 1.29 is 0 Å². The number of nitrogens with zero attached hydrogens (tertiary/aromatic N) is 2. The first-order valence-electron chi connectivity index (χ1n) is 5.82. The first-order chi connectivity index (χ1) is 8.54. The van der Waals surface area contributed by atoms with E-state index in [1.54, 1.807) is 0 Å².